The standard InChI is InChI=1S/C18H15P.ClH.Pd/c1-4-10-16(11-5-1)19(17-12-6-2-7-13-17)18-14-8-3-9-15-18;;/h1-15H;1H;/q;;+1/p-1. The molecule has 0 atom stereocenters. The summed E-state index contributed by atoms with van der Waals surface area (Å²) in [5.41, 5.74) is 0. The third kappa shape index (κ3) is 4.50. The minimum atomic E-state index is -0.446. The van der Waals surface area contributed by atoms with Gasteiger partial charge in [0.2, 0.25) is 0 Å². The van der Waals surface area contributed by atoms with Gasteiger partial charge >= 0.3 is 27.7 Å². The van der Waals surface area contributed by atoms with Crippen LogP contribution < -0.4 is 15.9 Å². The van der Waals surface area contributed by atoms with Crippen LogP contribution in [0.4, 0.5) is 0 Å². The fourth-order valence-corrected chi connectivity index (χ4v) is 4.48. The molecule has 109 valence electrons. The molecule has 0 saturated heterocycles. The van der Waals surface area contributed by atoms with E-state index in [0.29, 0.717) is 0 Å². The first-order valence-corrected chi connectivity index (χ1v) is 9.87. The fourth-order valence-electron chi connectivity index (χ4n) is 2.18. The number of hydrogen-bond acceptors (Lipinski definition) is 0. The molecule has 0 saturated carbocycles. The van der Waals surface area contributed by atoms with Gasteiger partial charge in [0, 0.05) is 0 Å². The van der Waals surface area contributed by atoms with Gasteiger partial charge in [-0.2, -0.15) is 0 Å². The molecule has 0 bridgehead atoms. The van der Waals surface area contributed by atoms with Gasteiger partial charge in [0.25, 0.3) is 0 Å². The van der Waals surface area contributed by atoms with Crippen molar-refractivity contribution in [2.45, 2.75) is 0 Å². The summed E-state index contributed by atoms with van der Waals surface area (Å²) < 4.78 is 0. The summed E-state index contributed by atoms with van der Waals surface area (Å²) in [5.74, 6) is 0. The maximum Gasteiger partial charge on any atom is -0.0134 e. The molecule has 3 heteroatoms. The summed E-state index contributed by atoms with van der Waals surface area (Å²) in [7, 11) is 4.04. The molecule has 3 aromatic carbocycles. The van der Waals surface area contributed by atoms with E-state index < -0.39 is 7.92 Å². The van der Waals surface area contributed by atoms with E-state index in [-0.39, 0.29) is 0 Å². The Bertz CT molecular complexity index is 535. The molecule has 0 spiro atoms. The van der Waals surface area contributed by atoms with E-state index in [2.05, 4.69) is 119 Å². The Kier molecular flexibility index (Phi) is 7.14. The molecule has 0 aliphatic rings. The molecule has 21 heavy (non-hydrogen) atoms. The first-order chi connectivity index (χ1) is 10.4. The van der Waals surface area contributed by atoms with Crippen LogP contribution in [0, 0.1) is 0 Å². The topological polar surface area (TPSA) is 0 Å². The molecule has 0 N–H and O–H groups in total. The largest absolute Gasteiger partial charge is 0.0622 e. The van der Waals surface area contributed by atoms with Crippen molar-refractivity contribution in [1.82, 2.24) is 0 Å². The average molecular weight is 404 g/mol. The second-order valence-electron chi connectivity index (χ2n) is 4.34. The normalized spacial score (nSPS) is 9.90. The molecule has 0 radical (unpaired) electrons. The van der Waals surface area contributed by atoms with Gasteiger partial charge in [-0.3, -0.25) is 0 Å². The Balaban J connectivity index is 0.000000774. The van der Waals surface area contributed by atoms with Crippen LogP contribution in [0.3, 0.4) is 0 Å². The predicted molar refractivity (Wildman–Crippen MR) is 91.0 cm³/mol. The predicted octanol–water partition coefficient (Wildman–Crippen LogP) is 4.13. The molecule has 3 rings (SSSR count). The summed E-state index contributed by atoms with van der Waals surface area (Å²) in [4.78, 5) is 0. The summed E-state index contributed by atoms with van der Waals surface area (Å²) in [5, 5.41) is 4.19. The minimum absolute atomic E-state index is 0.446. The van der Waals surface area contributed by atoms with E-state index in [1.54, 1.807) is 0 Å². The van der Waals surface area contributed by atoms with Crippen molar-refractivity contribution in [2.75, 3.05) is 0 Å². The molecule has 0 heterocycles. The third-order valence-corrected chi connectivity index (χ3v) is 5.49. The van der Waals surface area contributed by atoms with Crippen LogP contribution in [-0.2, 0) is 18.2 Å². The number of benzene rings is 3. The van der Waals surface area contributed by atoms with Gasteiger partial charge < -0.3 is 0 Å². The molecule has 3 aromatic rings. The van der Waals surface area contributed by atoms with Crippen molar-refractivity contribution in [3.05, 3.63) is 91.0 Å². The number of rotatable bonds is 3. The van der Waals surface area contributed by atoms with E-state index in [9.17, 15) is 0 Å². The number of hydrogen-bond donors (Lipinski definition) is 0. The van der Waals surface area contributed by atoms with Crippen LogP contribution in [0.5, 0.6) is 0 Å². The summed E-state index contributed by atoms with van der Waals surface area (Å²) in [6, 6.07) is 32.3. The third-order valence-electron chi connectivity index (χ3n) is 3.04. The van der Waals surface area contributed by atoms with Gasteiger partial charge in [-0.15, -0.1) is 0 Å². The van der Waals surface area contributed by atoms with Crippen molar-refractivity contribution in [3.63, 3.8) is 0 Å². The van der Waals surface area contributed by atoms with E-state index in [1.807, 2.05) is 0 Å². The Morgan fingerprint density at radius 3 is 0.952 bits per heavy atom. The van der Waals surface area contributed by atoms with Crippen LogP contribution >= 0.6 is 17.5 Å². The Morgan fingerprint density at radius 2 is 0.714 bits per heavy atom. The van der Waals surface area contributed by atoms with E-state index in [0.717, 1.165) is 0 Å². The van der Waals surface area contributed by atoms with Gasteiger partial charge in [-0.25, -0.2) is 0 Å². The van der Waals surface area contributed by atoms with Crippen LogP contribution in [0.1, 0.15) is 0 Å². The molecule has 0 aliphatic carbocycles. The Hall–Kier alpha value is -0.958. The zero-order valence-corrected chi connectivity index (χ0v) is 14.5. The average Bonchev–Trinajstić information content (AvgIpc) is 2.60. The minimum Gasteiger partial charge on any atom is -0.0622 e. The van der Waals surface area contributed by atoms with E-state index >= 15 is 0 Å². The van der Waals surface area contributed by atoms with Gasteiger partial charge in [-0.05, 0) is 23.8 Å². The number of halogens is 1. The monoisotopic (exact) mass is 403 g/mol. The van der Waals surface area contributed by atoms with Crippen LogP contribution in [0.15, 0.2) is 91.0 Å². The van der Waals surface area contributed by atoms with Crippen LogP contribution in [0.25, 0.3) is 0 Å². The molecule has 0 amide bonds. The van der Waals surface area contributed by atoms with Gasteiger partial charge in [0.15, 0.2) is 0 Å². The molecule has 0 fully saturated rings. The van der Waals surface area contributed by atoms with Crippen molar-refractivity contribution in [2.24, 2.45) is 0 Å². The van der Waals surface area contributed by atoms with Crippen molar-refractivity contribution < 1.29 is 18.2 Å². The van der Waals surface area contributed by atoms with Gasteiger partial charge in [0.1, 0.15) is 0 Å². The molecular weight excluding hydrogens is 389 g/mol. The quantitative estimate of drug-likeness (QED) is 0.455. The second kappa shape index (κ2) is 9.14. The van der Waals surface area contributed by atoms with Gasteiger partial charge in [0.05, 0.1) is 0 Å². The van der Waals surface area contributed by atoms with Crippen molar-refractivity contribution in [3.8, 4) is 0 Å². The van der Waals surface area contributed by atoms with E-state index in [1.165, 1.54) is 15.9 Å². The first-order valence-electron chi connectivity index (χ1n) is 6.52. The van der Waals surface area contributed by atoms with Crippen LogP contribution in [-0.4, -0.2) is 0 Å². The first kappa shape index (κ1) is 16.4. The van der Waals surface area contributed by atoms with E-state index in [4.69, 9.17) is 0 Å². The summed E-state index contributed by atoms with van der Waals surface area (Å²) >= 11 is 2.22. The van der Waals surface area contributed by atoms with Crippen molar-refractivity contribution in [1.29, 1.82) is 0 Å². The molecule has 0 aromatic heterocycles. The maximum absolute atomic E-state index is 4.49. The zero-order valence-electron chi connectivity index (χ0n) is 11.3. The van der Waals surface area contributed by atoms with Crippen molar-refractivity contribution >= 4 is 33.4 Å². The Morgan fingerprint density at radius 1 is 0.476 bits per heavy atom. The molecular formula is C18H15ClPPd. The SMILES string of the molecule is [Cl][Pd].c1ccc(P(c2ccccc2)c2ccccc2)cc1. The smallest absolute Gasteiger partial charge is 0.0134 e. The summed E-state index contributed by atoms with van der Waals surface area (Å²) in [6.45, 7) is 0. The molecule has 0 aliphatic heterocycles. The Labute approximate surface area is 142 Å². The van der Waals surface area contributed by atoms with Gasteiger partial charge in [-0.1, -0.05) is 91.0 Å². The molecule has 0 nitrogen and oxygen atoms in total. The maximum atomic E-state index is 4.49. The zero-order chi connectivity index (χ0) is 14.9. The fraction of sp³-hybridized carbons (Fsp3) is 0. The van der Waals surface area contributed by atoms with Crippen LogP contribution in [0.2, 0.25) is 0 Å². The second-order valence-corrected chi connectivity index (χ2v) is 6.56. The molecule has 0 unspecified atom stereocenters. The summed E-state index contributed by atoms with van der Waals surface area (Å²) in [6.07, 6.45) is 0.